The summed E-state index contributed by atoms with van der Waals surface area (Å²) >= 11 is 0. The molecular weight excluding hydrogens is 276 g/mol. The highest BCUT2D eigenvalue weighted by molar-refractivity contribution is 6.02. The minimum atomic E-state index is 0.477. The fourth-order valence-electron chi connectivity index (χ4n) is 2.63. The average Bonchev–Trinajstić information content (AvgIpc) is 2.87. The van der Waals surface area contributed by atoms with Gasteiger partial charge in [-0.2, -0.15) is 0 Å². The lowest BCUT2D eigenvalue weighted by atomic mass is 10.1. The second-order valence-electron chi connectivity index (χ2n) is 5.05. The van der Waals surface area contributed by atoms with Gasteiger partial charge < -0.3 is 15.0 Å². The SMILES string of the molecule is COc1cccc(-c2cn(C3=CC=C3)c3ncnc(N)c23)c1. The highest BCUT2D eigenvalue weighted by Gasteiger charge is 2.17. The molecule has 1 aliphatic carbocycles. The van der Waals surface area contributed by atoms with Gasteiger partial charge >= 0.3 is 0 Å². The topological polar surface area (TPSA) is 66.0 Å². The Bertz CT molecular complexity index is 937. The number of fused-ring (bicyclic) bond motifs is 1. The van der Waals surface area contributed by atoms with Gasteiger partial charge in [0.2, 0.25) is 0 Å². The van der Waals surface area contributed by atoms with E-state index in [2.05, 4.69) is 9.97 Å². The minimum absolute atomic E-state index is 0.477. The van der Waals surface area contributed by atoms with Gasteiger partial charge in [0, 0.05) is 17.5 Å². The lowest BCUT2D eigenvalue weighted by Gasteiger charge is -2.09. The molecule has 0 fully saturated rings. The maximum absolute atomic E-state index is 6.10. The smallest absolute Gasteiger partial charge is 0.150 e. The Balaban J connectivity index is 2.01. The molecule has 0 spiro atoms. The molecule has 0 amide bonds. The molecule has 0 atom stereocenters. The third-order valence-corrected chi connectivity index (χ3v) is 3.81. The van der Waals surface area contributed by atoms with Crippen LogP contribution in [0.3, 0.4) is 0 Å². The van der Waals surface area contributed by atoms with Gasteiger partial charge in [-0.05, 0) is 29.8 Å². The highest BCUT2D eigenvalue weighted by Crippen LogP contribution is 2.36. The lowest BCUT2D eigenvalue weighted by Crippen LogP contribution is -1.99. The first-order chi connectivity index (χ1) is 10.8. The summed E-state index contributed by atoms with van der Waals surface area (Å²) < 4.78 is 7.34. The molecule has 5 heteroatoms. The number of nitrogen functional groups attached to an aromatic ring is 1. The molecule has 3 aromatic rings. The number of hydrogen-bond acceptors (Lipinski definition) is 4. The molecule has 22 heavy (non-hydrogen) atoms. The van der Waals surface area contributed by atoms with Crippen LogP contribution >= 0.6 is 0 Å². The van der Waals surface area contributed by atoms with Crippen LogP contribution in [-0.4, -0.2) is 21.6 Å². The summed E-state index contributed by atoms with van der Waals surface area (Å²) in [6, 6.07) is 7.88. The van der Waals surface area contributed by atoms with Crippen LogP contribution in [0.1, 0.15) is 0 Å². The Morgan fingerprint density at radius 1 is 1.23 bits per heavy atom. The van der Waals surface area contributed by atoms with Gasteiger partial charge in [-0.3, -0.25) is 0 Å². The van der Waals surface area contributed by atoms with Gasteiger partial charge in [-0.1, -0.05) is 18.2 Å². The maximum Gasteiger partial charge on any atom is 0.150 e. The zero-order valence-electron chi connectivity index (χ0n) is 12.0. The number of hydrogen-bond donors (Lipinski definition) is 1. The summed E-state index contributed by atoms with van der Waals surface area (Å²) in [5.41, 5.74) is 10.0. The molecule has 0 saturated carbocycles. The van der Waals surface area contributed by atoms with Crippen LogP contribution in [0.2, 0.25) is 0 Å². The van der Waals surface area contributed by atoms with Crippen molar-refractivity contribution in [1.29, 1.82) is 0 Å². The van der Waals surface area contributed by atoms with Crippen LogP contribution in [0.4, 0.5) is 5.82 Å². The van der Waals surface area contributed by atoms with E-state index in [4.69, 9.17) is 10.5 Å². The lowest BCUT2D eigenvalue weighted by molar-refractivity contribution is 0.415. The number of allylic oxidation sites excluding steroid dienone is 4. The summed E-state index contributed by atoms with van der Waals surface area (Å²) in [6.07, 6.45) is 9.60. The molecule has 0 radical (unpaired) electrons. The van der Waals surface area contributed by atoms with Gasteiger partial charge in [0.1, 0.15) is 17.9 Å². The van der Waals surface area contributed by atoms with E-state index in [0.717, 1.165) is 33.6 Å². The Hall–Kier alpha value is -3.08. The third-order valence-electron chi connectivity index (χ3n) is 3.81. The molecule has 4 rings (SSSR count). The first kappa shape index (κ1) is 12.6. The Morgan fingerprint density at radius 2 is 2.09 bits per heavy atom. The van der Waals surface area contributed by atoms with Crippen molar-refractivity contribution in [2.24, 2.45) is 0 Å². The monoisotopic (exact) mass is 290 g/mol. The van der Waals surface area contributed by atoms with Crippen molar-refractivity contribution in [2.75, 3.05) is 12.8 Å². The maximum atomic E-state index is 6.10. The fourth-order valence-corrected chi connectivity index (χ4v) is 2.63. The van der Waals surface area contributed by atoms with E-state index in [9.17, 15) is 0 Å². The number of nitrogens with two attached hydrogens (primary N) is 1. The molecule has 5 nitrogen and oxygen atoms in total. The van der Waals surface area contributed by atoms with Crippen LogP contribution in [-0.2, 0) is 0 Å². The molecule has 2 aromatic heterocycles. The molecule has 0 aliphatic heterocycles. The largest absolute Gasteiger partial charge is 0.497 e. The van der Waals surface area contributed by atoms with Gasteiger partial charge in [-0.15, -0.1) is 0 Å². The van der Waals surface area contributed by atoms with Crippen LogP contribution in [0.15, 0.2) is 55.0 Å². The predicted octanol–water partition coefficient (Wildman–Crippen LogP) is 3.10. The summed E-state index contributed by atoms with van der Waals surface area (Å²) in [5.74, 6) is 1.28. The molecular formula is C17H14N4O. The quantitative estimate of drug-likeness (QED) is 0.805. The van der Waals surface area contributed by atoms with Crippen LogP contribution < -0.4 is 10.5 Å². The van der Waals surface area contributed by atoms with Crippen LogP contribution in [0, 0.1) is 0 Å². The van der Waals surface area contributed by atoms with E-state index in [1.165, 1.54) is 6.33 Å². The van der Waals surface area contributed by atoms with Gasteiger partial charge in [0.05, 0.1) is 12.5 Å². The summed E-state index contributed by atoms with van der Waals surface area (Å²) in [6.45, 7) is 0. The zero-order valence-corrected chi connectivity index (χ0v) is 12.0. The summed E-state index contributed by atoms with van der Waals surface area (Å²) in [5, 5.41) is 0.858. The first-order valence-electron chi connectivity index (χ1n) is 6.92. The number of nitrogens with zero attached hydrogens (tertiary/aromatic N) is 3. The van der Waals surface area contributed by atoms with Crippen LogP contribution in [0.5, 0.6) is 5.75 Å². The van der Waals surface area contributed by atoms with E-state index in [1.807, 2.05) is 53.3 Å². The number of rotatable bonds is 3. The van der Waals surface area contributed by atoms with E-state index in [1.54, 1.807) is 7.11 Å². The predicted molar refractivity (Wildman–Crippen MR) is 87.3 cm³/mol. The highest BCUT2D eigenvalue weighted by atomic mass is 16.5. The Labute approximate surface area is 127 Å². The Kier molecular flexibility index (Phi) is 2.72. The van der Waals surface area contributed by atoms with Crippen molar-refractivity contribution in [3.05, 3.63) is 55.0 Å². The van der Waals surface area contributed by atoms with Crippen molar-refractivity contribution >= 4 is 22.5 Å². The zero-order chi connectivity index (χ0) is 15.1. The number of ether oxygens (including phenoxy) is 1. The minimum Gasteiger partial charge on any atom is -0.497 e. The molecule has 2 N–H and O–H groups in total. The van der Waals surface area contributed by atoms with Crippen molar-refractivity contribution in [1.82, 2.24) is 14.5 Å². The molecule has 0 bridgehead atoms. The standard InChI is InChI=1S/C17H14N4O/c1-22-13-7-2-4-11(8-13)14-9-21(12-5-3-6-12)17-15(14)16(18)19-10-20-17/h2-10H,1H3,(H2,18,19,20). The molecule has 0 unspecified atom stereocenters. The number of aromatic nitrogens is 3. The van der Waals surface area contributed by atoms with Gasteiger partial charge in [-0.25, -0.2) is 9.97 Å². The van der Waals surface area contributed by atoms with E-state index in [0.29, 0.717) is 5.82 Å². The van der Waals surface area contributed by atoms with Crippen molar-refractivity contribution in [2.45, 2.75) is 0 Å². The van der Waals surface area contributed by atoms with E-state index < -0.39 is 0 Å². The molecule has 1 aromatic carbocycles. The van der Waals surface area contributed by atoms with E-state index in [-0.39, 0.29) is 0 Å². The fraction of sp³-hybridized carbons (Fsp3) is 0.0588. The van der Waals surface area contributed by atoms with Crippen molar-refractivity contribution in [3.8, 4) is 16.9 Å². The molecule has 108 valence electrons. The average molecular weight is 290 g/mol. The number of methoxy groups -OCH3 is 1. The number of benzene rings is 1. The number of anilines is 1. The summed E-state index contributed by atoms with van der Waals surface area (Å²) in [7, 11) is 1.66. The molecule has 1 aliphatic rings. The first-order valence-corrected chi connectivity index (χ1v) is 6.92. The molecule has 0 saturated heterocycles. The van der Waals surface area contributed by atoms with E-state index >= 15 is 0 Å². The van der Waals surface area contributed by atoms with Crippen molar-refractivity contribution in [3.63, 3.8) is 0 Å². The summed E-state index contributed by atoms with van der Waals surface area (Å²) in [4.78, 5) is 8.54. The third kappa shape index (κ3) is 1.79. The Morgan fingerprint density at radius 3 is 2.82 bits per heavy atom. The van der Waals surface area contributed by atoms with Gasteiger partial charge in [0.25, 0.3) is 0 Å². The second-order valence-corrected chi connectivity index (χ2v) is 5.05. The molecule has 2 heterocycles. The van der Waals surface area contributed by atoms with Crippen LogP contribution in [0.25, 0.3) is 27.9 Å². The normalized spacial score (nSPS) is 13.0. The second kappa shape index (κ2) is 4.73. The van der Waals surface area contributed by atoms with Gasteiger partial charge in [0.15, 0.2) is 5.65 Å². The van der Waals surface area contributed by atoms with Crippen molar-refractivity contribution < 1.29 is 4.74 Å².